The summed E-state index contributed by atoms with van der Waals surface area (Å²) in [5.74, 6) is -1.15. The number of aromatic hydroxyl groups is 1. The van der Waals surface area contributed by atoms with Gasteiger partial charge in [0.05, 0.1) is 5.69 Å². The van der Waals surface area contributed by atoms with Gasteiger partial charge >= 0.3 is 16.2 Å². The normalized spacial score (nSPS) is 20.4. The van der Waals surface area contributed by atoms with Gasteiger partial charge in [-0.15, -0.1) is 0 Å². The highest BCUT2D eigenvalue weighted by atomic mass is 32.2. The van der Waals surface area contributed by atoms with E-state index in [0.29, 0.717) is 5.69 Å². The molecule has 0 saturated carbocycles. The van der Waals surface area contributed by atoms with Crippen molar-refractivity contribution in [3.8, 4) is 5.75 Å². The molecule has 0 spiro atoms. The van der Waals surface area contributed by atoms with Gasteiger partial charge in [0.15, 0.2) is 0 Å². The van der Waals surface area contributed by atoms with E-state index in [-0.39, 0.29) is 18.8 Å². The largest absolute Gasteiger partial charge is 0.508 e. The van der Waals surface area contributed by atoms with Gasteiger partial charge in [0.2, 0.25) is 0 Å². The average molecular weight is 286 g/mol. The highest BCUT2D eigenvalue weighted by Gasteiger charge is 2.41. The molecule has 1 saturated heterocycles. The van der Waals surface area contributed by atoms with Crippen LogP contribution in [0, 0.1) is 0 Å². The summed E-state index contributed by atoms with van der Waals surface area (Å²) in [5, 5.41) is 18.1. The molecule has 0 amide bonds. The molecule has 1 atom stereocenters. The Balaban J connectivity index is 2.32. The Kier molecular flexibility index (Phi) is 3.38. The van der Waals surface area contributed by atoms with Gasteiger partial charge in [-0.05, 0) is 31.2 Å². The Morgan fingerprint density at radius 2 is 1.84 bits per heavy atom. The van der Waals surface area contributed by atoms with Crippen LogP contribution in [-0.2, 0) is 15.0 Å². The molecular weight excluding hydrogens is 272 g/mol. The molecule has 0 radical (unpaired) electrons. The minimum atomic E-state index is -3.83. The predicted octanol–water partition coefficient (Wildman–Crippen LogP) is 0.232. The average Bonchev–Trinajstić information content (AvgIpc) is 2.65. The van der Waals surface area contributed by atoms with Crippen molar-refractivity contribution in [1.29, 1.82) is 0 Å². The highest BCUT2D eigenvalue weighted by Crippen LogP contribution is 2.27. The Bertz CT molecular complexity index is 584. The second-order valence-corrected chi connectivity index (χ2v) is 6.03. The zero-order valence-corrected chi connectivity index (χ0v) is 11.0. The summed E-state index contributed by atoms with van der Waals surface area (Å²) in [4.78, 5) is 10.9. The van der Waals surface area contributed by atoms with Gasteiger partial charge in [0, 0.05) is 13.1 Å². The molecule has 8 heteroatoms. The summed E-state index contributed by atoms with van der Waals surface area (Å²) in [7, 11) is -3.83. The van der Waals surface area contributed by atoms with Crippen LogP contribution in [0.5, 0.6) is 5.75 Å². The van der Waals surface area contributed by atoms with Gasteiger partial charge in [0.25, 0.3) is 0 Å². The first-order chi connectivity index (χ1) is 8.84. The maximum absolute atomic E-state index is 12.3. The summed E-state index contributed by atoms with van der Waals surface area (Å²) in [6.45, 7) is 1.64. The molecule has 0 aromatic heterocycles. The van der Waals surface area contributed by atoms with Gasteiger partial charge in [-0.1, -0.05) is 0 Å². The molecule has 1 fully saturated rings. The zero-order valence-electron chi connectivity index (χ0n) is 10.2. The van der Waals surface area contributed by atoms with Crippen LogP contribution in [0.15, 0.2) is 24.3 Å². The number of carboxylic acid groups (broad SMARTS) is 1. The molecule has 2 rings (SSSR count). The van der Waals surface area contributed by atoms with Gasteiger partial charge in [-0.25, -0.2) is 0 Å². The first-order valence-electron chi connectivity index (χ1n) is 5.65. The number of anilines is 1. The Morgan fingerprint density at radius 1 is 1.26 bits per heavy atom. The third kappa shape index (κ3) is 2.36. The number of nitrogens with zero attached hydrogens (tertiary/aromatic N) is 2. The first-order valence-corrected chi connectivity index (χ1v) is 7.05. The Morgan fingerprint density at radius 3 is 2.37 bits per heavy atom. The Labute approximate surface area is 110 Å². The smallest absolute Gasteiger partial charge is 0.321 e. The van der Waals surface area contributed by atoms with E-state index >= 15 is 0 Å². The van der Waals surface area contributed by atoms with Crippen LogP contribution in [-0.4, -0.2) is 48.0 Å². The number of hydrogen-bond acceptors (Lipinski definition) is 4. The third-order valence-electron chi connectivity index (χ3n) is 3.03. The van der Waals surface area contributed by atoms with Crippen molar-refractivity contribution < 1.29 is 23.4 Å². The third-order valence-corrected chi connectivity index (χ3v) is 5.07. The molecule has 1 aliphatic heterocycles. The lowest BCUT2D eigenvalue weighted by Crippen LogP contribution is -2.42. The lowest BCUT2D eigenvalue weighted by atomic mass is 10.3. The number of carboxylic acids is 1. The molecule has 104 valence electrons. The molecule has 1 aromatic rings. The first kappa shape index (κ1) is 13.6. The van der Waals surface area contributed by atoms with Crippen LogP contribution in [0.25, 0.3) is 0 Å². The molecule has 1 aliphatic rings. The molecule has 1 heterocycles. The summed E-state index contributed by atoms with van der Waals surface area (Å²) in [6, 6.07) is 4.61. The molecule has 1 aromatic carbocycles. The number of benzene rings is 1. The van der Waals surface area contributed by atoms with E-state index in [9.17, 15) is 18.3 Å². The van der Waals surface area contributed by atoms with Crippen LogP contribution in [0.1, 0.15) is 6.92 Å². The minimum Gasteiger partial charge on any atom is -0.508 e. The molecule has 1 unspecified atom stereocenters. The van der Waals surface area contributed by atoms with Gasteiger partial charge in [0.1, 0.15) is 11.8 Å². The van der Waals surface area contributed by atoms with Gasteiger partial charge in [-0.2, -0.15) is 12.7 Å². The predicted molar refractivity (Wildman–Crippen MR) is 68.2 cm³/mol. The fraction of sp³-hybridized carbons (Fsp3) is 0.364. The van der Waals surface area contributed by atoms with E-state index in [0.717, 1.165) is 8.61 Å². The fourth-order valence-corrected chi connectivity index (χ4v) is 3.70. The van der Waals surface area contributed by atoms with Crippen molar-refractivity contribution in [3.05, 3.63) is 24.3 Å². The lowest BCUT2D eigenvalue weighted by molar-refractivity contribution is -0.140. The summed E-state index contributed by atoms with van der Waals surface area (Å²) in [5.41, 5.74) is 0.401. The lowest BCUT2D eigenvalue weighted by Gasteiger charge is -2.22. The second-order valence-electron chi connectivity index (χ2n) is 4.22. The van der Waals surface area contributed by atoms with Crippen molar-refractivity contribution in [2.75, 3.05) is 17.4 Å². The standard InChI is InChI=1S/C11H14N2O5S/c1-8(11(15)16)12-6-7-13(19(12,17)18)9-2-4-10(14)5-3-9/h2-5,8,14H,6-7H2,1H3,(H,15,16). The van der Waals surface area contributed by atoms with Crippen molar-refractivity contribution in [2.24, 2.45) is 0 Å². The van der Waals surface area contributed by atoms with Crippen LogP contribution in [0.3, 0.4) is 0 Å². The molecule has 0 aliphatic carbocycles. The molecule has 7 nitrogen and oxygen atoms in total. The van der Waals surface area contributed by atoms with Crippen LogP contribution >= 0.6 is 0 Å². The Hall–Kier alpha value is -1.80. The SMILES string of the molecule is CC(C(=O)O)N1CCN(c2ccc(O)cc2)S1(=O)=O. The monoisotopic (exact) mass is 286 g/mol. The van der Waals surface area contributed by atoms with Gasteiger partial charge in [-0.3, -0.25) is 9.10 Å². The van der Waals surface area contributed by atoms with E-state index in [1.54, 1.807) is 0 Å². The maximum Gasteiger partial charge on any atom is 0.321 e. The van der Waals surface area contributed by atoms with E-state index in [1.165, 1.54) is 31.2 Å². The number of phenols is 1. The van der Waals surface area contributed by atoms with Crippen LogP contribution in [0.4, 0.5) is 5.69 Å². The molecule has 19 heavy (non-hydrogen) atoms. The number of rotatable bonds is 3. The van der Waals surface area contributed by atoms with Crippen LogP contribution in [0.2, 0.25) is 0 Å². The quantitative estimate of drug-likeness (QED) is 0.829. The van der Waals surface area contributed by atoms with E-state index < -0.39 is 22.2 Å². The summed E-state index contributed by atoms with van der Waals surface area (Å²) in [6.07, 6.45) is 0. The minimum absolute atomic E-state index is 0.0381. The van der Waals surface area contributed by atoms with E-state index in [2.05, 4.69) is 0 Å². The maximum atomic E-state index is 12.3. The molecule has 2 N–H and O–H groups in total. The van der Waals surface area contributed by atoms with Crippen molar-refractivity contribution in [2.45, 2.75) is 13.0 Å². The molecular formula is C11H14N2O5S. The van der Waals surface area contributed by atoms with Gasteiger partial charge < -0.3 is 10.2 Å². The topological polar surface area (TPSA) is 98.2 Å². The number of aliphatic carboxylic acids is 1. The fourth-order valence-electron chi connectivity index (χ4n) is 1.94. The second kappa shape index (κ2) is 4.71. The number of hydrogen-bond donors (Lipinski definition) is 2. The van der Waals surface area contributed by atoms with E-state index in [1.807, 2.05) is 0 Å². The van der Waals surface area contributed by atoms with Crippen molar-refractivity contribution in [3.63, 3.8) is 0 Å². The highest BCUT2D eigenvalue weighted by molar-refractivity contribution is 7.90. The number of phenolic OH excluding ortho intramolecular Hbond substituents is 1. The number of carbonyl (C=O) groups is 1. The van der Waals surface area contributed by atoms with Crippen LogP contribution < -0.4 is 4.31 Å². The summed E-state index contributed by atoms with van der Waals surface area (Å²) < 4.78 is 26.6. The van der Waals surface area contributed by atoms with Crippen molar-refractivity contribution >= 4 is 21.9 Å². The molecule has 0 bridgehead atoms. The van der Waals surface area contributed by atoms with Crippen molar-refractivity contribution in [1.82, 2.24) is 4.31 Å². The zero-order chi connectivity index (χ0) is 14.2. The summed E-state index contributed by atoms with van der Waals surface area (Å²) >= 11 is 0. The van der Waals surface area contributed by atoms with E-state index in [4.69, 9.17) is 5.11 Å².